The number of methoxy groups -OCH3 is 1. The summed E-state index contributed by atoms with van der Waals surface area (Å²) in [7, 11) is 6.87. The maximum absolute atomic E-state index is 9.33. The number of hydrogen-bond acceptors (Lipinski definition) is 4. The molecular formula is C6H11BO4. The third kappa shape index (κ3) is 1.56. The van der Waals surface area contributed by atoms with Crippen molar-refractivity contribution in [3.8, 4) is 0 Å². The minimum absolute atomic E-state index is 0.241. The van der Waals surface area contributed by atoms with Gasteiger partial charge in [-0.2, -0.15) is 0 Å². The monoisotopic (exact) mass is 158 g/mol. The topological polar surface area (TPSA) is 58.9 Å². The van der Waals surface area contributed by atoms with E-state index in [0.29, 0.717) is 0 Å². The predicted molar refractivity (Wildman–Crippen MR) is 38.3 cm³/mol. The van der Waals surface area contributed by atoms with Crippen molar-refractivity contribution in [1.82, 2.24) is 0 Å². The molecule has 0 aromatic carbocycles. The fourth-order valence-corrected chi connectivity index (χ4v) is 1.19. The van der Waals surface area contributed by atoms with Crippen LogP contribution in [0.3, 0.4) is 0 Å². The lowest BCUT2D eigenvalue weighted by Gasteiger charge is -2.15. The van der Waals surface area contributed by atoms with Crippen molar-refractivity contribution in [3.63, 3.8) is 0 Å². The normalized spacial score (nSPS) is 44.6. The summed E-state index contributed by atoms with van der Waals surface area (Å²) >= 11 is 0. The Hall–Kier alpha value is -0.0951. The number of aliphatic hydroxyl groups excluding tert-OH is 2. The van der Waals surface area contributed by atoms with Gasteiger partial charge in [0.15, 0.2) is 0 Å². The fraction of sp³-hybridized carbons (Fsp3) is 1.00. The first-order valence-electron chi connectivity index (χ1n) is 3.43. The molecule has 0 aromatic rings. The van der Waals surface area contributed by atoms with Gasteiger partial charge in [-0.05, 0) is 0 Å². The summed E-state index contributed by atoms with van der Waals surface area (Å²) in [6, 6.07) is -0.646. The molecule has 0 saturated carbocycles. The Labute approximate surface area is 66.5 Å². The van der Waals surface area contributed by atoms with Gasteiger partial charge < -0.3 is 19.7 Å². The van der Waals surface area contributed by atoms with Crippen LogP contribution in [-0.4, -0.2) is 56.1 Å². The van der Waals surface area contributed by atoms with Gasteiger partial charge in [-0.15, -0.1) is 0 Å². The van der Waals surface area contributed by atoms with Gasteiger partial charge in [0.25, 0.3) is 0 Å². The van der Waals surface area contributed by atoms with E-state index in [4.69, 9.17) is 22.4 Å². The molecule has 0 aromatic heterocycles. The van der Waals surface area contributed by atoms with Crippen LogP contribution in [0.2, 0.25) is 0 Å². The van der Waals surface area contributed by atoms with Crippen LogP contribution in [0, 0.1) is 0 Å². The van der Waals surface area contributed by atoms with Gasteiger partial charge in [-0.3, -0.25) is 0 Å². The minimum Gasteiger partial charge on any atom is -0.394 e. The van der Waals surface area contributed by atoms with Crippen molar-refractivity contribution in [1.29, 1.82) is 0 Å². The van der Waals surface area contributed by atoms with E-state index in [1.165, 1.54) is 7.11 Å². The summed E-state index contributed by atoms with van der Waals surface area (Å²) in [5.41, 5.74) is 0. The van der Waals surface area contributed by atoms with Gasteiger partial charge in [-0.25, -0.2) is 0 Å². The Morgan fingerprint density at radius 3 is 2.55 bits per heavy atom. The molecule has 0 spiro atoms. The molecule has 1 rings (SSSR count). The third-order valence-corrected chi connectivity index (χ3v) is 1.83. The standard InChI is InChI=1S/C6H11BO4/c1-10-5-4(9)3(2-8)11-6(5)7/h3-6,8-9H,2H2,1H3/t3-,4+,5?,6-/m1/s1. The van der Waals surface area contributed by atoms with E-state index in [1.807, 2.05) is 0 Å². The molecule has 0 aliphatic carbocycles. The molecule has 2 N–H and O–H groups in total. The van der Waals surface area contributed by atoms with E-state index in [0.717, 1.165) is 0 Å². The predicted octanol–water partition coefficient (Wildman–Crippen LogP) is -1.75. The van der Waals surface area contributed by atoms with E-state index < -0.39 is 24.3 Å². The second-order valence-electron chi connectivity index (χ2n) is 2.51. The van der Waals surface area contributed by atoms with Crippen molar-refractivity contribution in [2.24, 2.45) is 0 Å². The highest BCUT2D eigenvalue weighted by atomic mass is 16.6. The van der Waals surface area contributed by atoms with Crippen LogP contribution in [0.4, 0.5) is 0 Å². The quantitative estimate of drug-likeness (QED) is 0.467. The summed E-state index contributed by atoms with van der Waals surface area (Å²) in [4.78, 5) is 0. The maximum atomic E-state index is 9.33. The lowest BCUT2D eigenvalue weighted by Crippen LogP contribution is -2.35. The number of aliphatic hydroxyl groups is 2. The minimum atomic E-state index is -0.833. The van der Waals surface area contributed by atoms with E-state index in [-0.39, 0.29) is 6.61 Å². The molecule has 1 aliphatic heterocycles. The van der Waals surface area contributed by atoms with Gasteiger partial charge >= 0.3 is 0 Å². The van der Waals surface area contributed by atoms with Gasteiger partial charge in [0.05, 0.1) is 6.61 Å². The van der Waals surface area contributed by atoms with Crippen molar-refractivity contribution in [3.05, 3.63) is 0 Å². The molecule has 1 aliphatic rings. The highest BCUT2D eigenvalue weighted by Gasteiger charge is 2.40. The van der Waals surface area contributed by atoms with Crippen molar-refractivity contribution in [2.75, 3.05) is 13.7 Å². The first-order valence-corrected chi connectivity index (χ1v) is 3.43. The van der Waals surface area contributed by atoms with Gasteiger partial charge in [0.2, 0.25) is 0 Å². The molecule has 4 atom stereocenters. The van der Waals surface area contributed by atoms with Crippen LogP contribution < -0.4 is 0 Å². The molecule has 0 bridgehead atoms. The molecule has 1 unspecified atom stereocenters. The molecule has 2 radical (unpaired) electrons. The summed E-state index contributed by atoms with van der Waals surface area (Å²) in [5.74, 6) is 0. The maximum Gasteiger partial charge on any atom is 0.112 e. The Morgan fingerprint density at radius 1 is 1.64 bits per heavy atom. The van der Waals surface area contributed by atoms with Crippen LogP contribution >= 0.6 is 0 Å². The SMILES string of the molecule is [B][C@@H]1O[C@H](CO)[C@H](O)C1OC. The molecule has 1 fully saturated rings. The first-order chi connectivity index (χ1) is 5.20. The Morgan fingerprint density at radius 2 is 2.27 bits per heavy atom. The molecule has 1 saturated heterocycles. The average Bonchev–Trinajstić information content (AvgIpc) is 2.26. The first kappa shape index (κ1) is 9.00. The lowest BCUT2D eigenvalue weighted by atomic mass is 9.93. The zero-order valence-corrected chi connectivity index (χ0v) is 6.30. The molecule has 1 heterocycles. The second kappa shape index (κ2) is 3.54. The number of rotatable bonds is 2. The van der Waals surface area contributed by atoms with Gasteiger partial charge in [-0.1, -0.05) is 0 Å². The molecule has 0 amide bonds. The van der Waals surface area contributed by atoms with E-state index in [1.54, 1.807) is 0 Å². The van der Waals surface area contributed by atoms with Crippen LogP contribution in [0.15, 0.2) is 0 Å². The zero-order valence-electron chi connectivity index (χ0n) is 6.30. The highest BCUT2D eigenvalue weighted by molar-refractivity contribution is 6.11. The highest BCUT2D eigenvalue weighted by Crippen LogP contribution is 2.20. The van der Waals surface area contributed by atoms with Crippen LogP contribution in [0.1, 0.15) is 0 Å². The van der Waals surface area contributed by atoms with Crippen molar-refractivity contribution in [2.45, 2.75) is 24.3 Å². The van der Waals surface area contributed by atoms with E-state index in [2.05, 4.69) is 0 Å². The molecule has 4 nitrogen and oxygen atoms in total. The number of ether oxygens (including phenoxy) is 2. The van der Waals surface area contributed by atoms with Crippen molar-refractivity contribution >= 4 is 7.85 Å². The van der Waals surface area contributed by atoms with E-state index >= 15 is 0 Å². The summed E-state index contributed by atoms with van der Waals surface area (Å²) < 4.78 is 9.84. The third-order valence-electron chi connectivity index (χ3n) is 1.83. The zero-order chi connectivity index (χ0) is 8.43. The van der Waals surface area contributed by atoms with Crippen LogP contribution in [-0.2, 0) is 9.47 Å². The average molecular weight is 158 g/mol. The van der Waals surface area contributed by atoms with Gasteiger partial charge in [0.1, 0.15) is 26.2 Å². The second-order valence-corrected chi connectivity index (χ2v) is 2.51. The van der Waals surface area contributed by atoms with Crippen molar-refractivity contribution < 1.29 is 19.7 Å². The molecule has 11 heavy (non-hydrogen) atoms. The molecule has 62 valence electrons. The van der Waals surface area contributed by atoms with Crippen LogP contribution in [0.25, 0.3) is 0 Å². The molecule has 5 heteroatoms. The van der Waals surface area contributed by atoms with Gasteiger partial charge in [0, 0.05) is 13.1 Å². The largest absolute Gasteiger partial charge is 0.394 e. The van der Waals surface area contributed by atoms with E-state index in [9.17, 15) is 5.11 Å². The summed E-state index contributed by atoms with van der Waals surface area (Å²) in [6.45, 7) is -0.241. The smallest absolute Gasteiger partial charge is 0.112 e. The Balaban J connectivity index is 2.55. The lowest BCUT2D eigenvalue weighted by molar-refractivity contribution is -0.0145. The Bertz CT molecular complexity index is 132. The summed E-state index contributed by atoms with van der Waals surface area (Å²) in [5, 5.41) is 18.0. The summed E-state index contributed by atoms with van der Waals surface area (Å²) in [6.07, 6.45) is -1.98. The van der Waals surface area contributed by atoms with Crippen LogP contribution in [0.5, 0.6) is 0 Å². The fourth-order valence-electron chi connectivity index (χ4n) is 1.19. The molecular weight excluding hydrogens is 147 g/mol. The number of hydrogen-bond donors (Lipinski definition) is 2. The Kier molecular flexibility index (Phi) is 2.89.